The van der Waals surface area contributed by atoms with Gasteiger partial charge < -0.3 is 20.2 Å². The van der Waals surface area contributed by atoms with E-state index in [4.69, 9.17) is 9.52 Å². The lowest BCUT2D eigenvalue weighted by Gasteiger charge is -2.22. The van der Waals surface area contributed by atoms with Crippen LogP contribution in [0, 0.1) is 5.92 Å². The van der Waals surface area contributed by atoms with Crippen LogP contribution in [0.4, 0.5) is 4.79 Å². The van der Waals surface area contributed by atoms with Gasteiger partial charge in [-0.05, 0) is 31.4 Å². The average Bonchev–Trinajstić information content (AvgIpc) is 2.94. The summed E-state index contributed by atoms with van der Waals surface area (Å²) in [5.74, 6) is -0.263. The van der Waals surface area contributed by atoms with E-state index in [1.54, 1.807) is 13.2 Å². The van der Waals surface area contributed by atoms with Crippen LogP contribution in [0.5, 0.6) is 0 Å². The Morgan fingerprint density at radius 2 is 2.05 bits per heavy atom. The lowest BCUT2D eigenvalue weighted by molar-refractivity contribution is -0.140. The Morgan fingerprint density at radius 1 is 1.33 bits per heavy atom. The van der Waals surface area contributed by atoms with Crippen molar-refractivity contribution in [3.63, 3.8) is 0 Å². The standard InChI is InChI=1S/C15H24N2O4/c1-4-10(2)13(14(18)19)17-15(20)16-11(3)7-8-12-6-5-9-21-12/h5-6,9-11,13H,4,7-8H2,1-3H3,(H,18,19)(H2,16,17,20). The molecular formula is C15H24N2O4. The first-order valence-corrected chi connectivity index (χ1v) is 7.26. The van der Waals surface area contributed by atoms with E-state index >= 15 is 0 Å². The van der Waals surface area contributed by atoms with Gasteiger partial charge >= 0.3 is 12.0 Å². The Labute approximate surface area is 124 Å². The molecule has 1 heterocycles. The van der Waals surface area contributed by atoms with Gasteiger partial charge in [0.05, 0.1) is 6.26 Å². The quantitative estimate of drug-likeness (QED) is 0.687. The molecule has 0 saturated heterocycles. The fourth-order valence-corrected chi connectivity index (χ4v) is 1.98. The number of carbonyl (C=O) groups is 2. The molecule has 0 radical (unpaired) electrons. The van der Waals surface area contributed by atoms with E-state index in [2.05, 4.69) is 10.6 Å². The highest BCUT2D eigenvalue weighted by Crippen LogP contribution is 2.08. The molecule has 0 aliphatic rings. The molecule has 118 valence electrons. The van der Waals surface area contributed by atoms with E-state index < -0.39 is 18.0 Å². The maximum Gasteiger partial charge on any atom is 0.326 e. The number of carbonyl (C=O) groups excluding carboxylic acids is 1. The minimum Gasteiger partial charge on any atom is -0.480 e. The zero-order chi connectivity index (χ0) is 15.8. The van der Waals surface area contributed by atoms with E-state index in [9.17, 15) is 9.59 Å². The number of urea groups is 1. The highest BCUT2D eigenvalue weighted by atomic mass is 16.4. The largest absolute Gasteiger partial charge is 0.480 e. The third kappa shape index (κ3) is 5.89. The van der Waals surface area contributed by atoms with Crippen molar-refractivity contribution in [2.45, 2.75) is 52.1 Å². The van der Waals surface area contributed by atoms with Gasteiger partial charge in [-0.25, -0.2) is 9.59 Å². The molecule has 21 heavy (non-hydrogen) atoms. The van der Waals surface area contributed by atoms with E-state index in [0.29, 0.717) is 6.42 Å². The summed E-state index contributed by atoms with van der Waals surface area (Å²) in [6.07, 6.45) is 3.75. The van der Waals surface area contributed by atoms with Crippen molar-refractivity contribution in [2.24, 2.45) is 5.92 Å². The van der Waals surface area contributed by atoms with E-state index in [1.165, 1.54) is 0 Å². The van der Waals surface area contributed by atoms with Crippen molar-refractivity contribution < 1.29 is 19.1 Å². The first-order valence-electron chi connectivity index (χ1n) is 7.26. The summed E-state index contributed by atoms with van der Waals surface area (Å²) in [5.41, 5.74) is 0. The highest BCUT2D eigenvalue weighted by Gasteiger charge is 2.25. The molecule has 6 heteroatoms. The molecule has 0 spiro atoms. The number of amides is 2. The first-order chi connectivity index (χ1) is 9.93. The topological polar surface area (TPSA) is 91.6 Å². The average molecular weight is 296 g/mol. The number of aryl methyl sites for hydroxylation is 1. The third-order valence-corrected chi connectivity index (χ3v) is 3.55. The van der Waals surface area contributed by atoms with Crippen LogP contribution in [0.25, 0.3) is 0 Å². The van der Waals surface area contributed by atoms with Crippen LogP contribution >= 0.6 is 0 Å². The van der Waals surface area contributed by atoms with Crippen molar-refractivity contribution in [1.82, 2.24) is 10.6 Å². The summed E-state index contributed by atoms with van der Waals surface area (Å²) in [6.45, 7) is 5.58. The summed E-state index contributed by atoms with van der Waals surface area (Å²) < 4.78 is 5.22. The predicted molar refractivity (Wildman–Crippen MR) is 79.0 cm³/mol. The molecular weight excluding hydrogens is 272 g/mol. The Morgan fingerprint density at radius 3 is 2.57 bits per heavy atom. The van der Waals surface area contributed by atoms with Crippen molar-refractivity contribution in [3.05, 3.63) is 24.2 Å². The summed E-state index contributed by atoms with van der Waals surface area (Å²) in [6, 6.07) is 2.32. The predicted octanol–water partition coefficient (Wildman–Crippen LogP) is 2.40. The molecule has 1 aromatic heterocycles. The van der Waals surface area contributed by atoms with Gasteiger partial charge in [-0.1, -0.05) is 20.3 Å². The number of carboxylic acids is 1. The Bertz CT molecular complexity index is 445. The molecule has 0 fully saturated rings. The molecule has 0 saturated carbocycles. The van der Waals surface area contributed by atoms with Crippen molar-refractivity contribution in [1.29, 1.82) is 0 Å². The number of hydrogen-bond acceptors (Lipinski definition) is 3. The van der Waals surface area contributed by atoms with Crippen LogP contribution in [-0.4, -0.2) is 29.2 Å². The fraction of sp³-hybridized carbons (Fsp3) is 0.600. The van der Waals surface area contributed by atoms with Crippen LogP contribution in [0.2, 0.25) is 0 Å². The van der Waals surface area contributed by atoms with Gasteiger partial charge in [0.25, 0.3) is 0 Å². The lowest BCUT2D eigenvalue weighted by atomic mass is 9.99. The zero-order valence-electron chi connectivity index (χ0n) is 12.8. The fourth-order valence-electron chi connectivity index (χ4n) is 1.98. The summed E-state index contributed by atoms with van der Waals surface area (Å²) in [5, 5.41) is 14.4. The number of nitrogens with one attached hydrogen (secondary N) is 2. The second-order valence-electron chi connectivity index (χ2n) is 5.34. The normalized spacial score (nSPS) is 15.0. The van der Waals surface area contributed by atoms with Crippen LogP contribution in [0.15, 0.2) is 22.8 Å². The van der Waals surface area contributed by atoms with Gasteiger partial charge in [0.15, 0.2) is 0 Å². The van der Waals surface area contributed by atoms with Gasteiger partial charge in [0.2, 0.25) is 0 Å². The van der Waals surface area contributed by atoms with Gasteiger partial charge in [-0.15, -0.1) is 0 Å². The Kier molecular flexibility index (Phi) is 6.78. The highest BCUT2D eigenvalue weighted by molar-refractivity contribution is 5.82. The van der Waals surface area contributed by atoms with Gasteiger partial charge in [0.1, 0.15) is 11.8 Å². The second-order valence-corrected chi connectivity index (χ2v) is 5.34. The van der Waals surface area contributed by atoms with Gasteiger partial charge in [-0.3, -0.25) is 0 Å². The molecule has 0 aliphatic carbocycles. The maximum atomic E-state index is 11.8. The molecule has 0 aliphatic heterocycles. The summed E-state index contributed by atoms with van der Waals surface area (Å²) in [7, 11) is 0. The maximum absolute atomic E-state index is 11.8. The molecule has 1 aromatic rings. The van der Waals surface area contributed by atoms with Gasteiger partial charge in [0, 0.05) is 12.5 Å². The molecule has 0 aromatic carbocycles. The number of furan rings is 1. The minimum atomic E-state index is -1.01. The van der Waals surface area contributed by atoms with E-state index in [1.807, 2.05) is 26.0 Å². The van der Waals surface area contributed by atoms with E-state index in [-0.39, 0.29) is 12.0 Å². The van der Waals surface area contributed by atoms with E-state index in [0.717, 1.165) is 18.6 Å². The minimum absolute atomic E-state index is 0.0681. The Balaban J connectivity index is 2.38. The number of carboxylic acid groups (broad SMARTS) is 1. The van der Waals surface area contributed by atoms with Crippen LogP contribution in [0.3, 0.4) is 0 Å². The first kappa shape index (κ1) is 17.1. The van der Waals surface area contributed by atoms with Crippen LogP contribution < -0.4 is 10.6 Å². The Hall–Kier alpha value is -1.98. The zero-order valence-corrected chi connectivity index (χ0v) is 12.8. The number of rotatable bonds is 8. The molecule has 6 nitrogen and oxygen atoms in total. The SMILES string of the molecule is CCC(C)C(NC(=O)NC(C)CCc1ccco1)C(=O)O. The van der Waals surface area contributed by atoms with Crippen molar-refractivity contribution >= 4 is 12.0 Å². The molecule has 2 amide bonds. The molecule has 3 N–H and O–H groups in total. The number of aliphatic carboxylic acids is 1. The molecule has 3 atom stereocenters. The second kappa shape index (κ2) is 8.34. The monoisotopic (exact) mass is 296 g/mol. The van der Waals surface area contributed by atoms with Gasteiger partial charge in [-0.2, -0.15) is 0 Å². The lowest BCUT2D eigenvalue weighted by Crippen LogP contribution is -2.51. The molecule has 3 unspecified atom stereocenters. The van der Waals surface area contributed by atoms with Crippen molar-refractivity contribution in [2.75, 3.05) is 0 Å². The third-order valence-electron chi connectivity index (χ3n) is 3.55. The summed E-state index contributed by atoms with van der Waals surface area (Å²) >= 11 is 0. The van der Waals surface area contributed by atoms with Crippen molar-refractivity contribution in [3.8, 4) is 0 Å². The summed E-state index contributed by atoms with van der Waals surface area (Å²) in [4.78, 5) is 23.0. The smallest absolute Gasteiger partial charge is 0.326 e. The molecule has 0 bridgehead atoms. The van der Waals surface area contributed by atoms with Crippen LogP contribution in [-0.2, 0) is 11.2 Å². The van der Waals surface area contributed by atoms with Crippen LogP contribution in [0.1, 0.15) is 39.4 Å². The molecule has 1 rings (SSSR count). The number of hydrogen-bond donors (Lipinski definition) is 3.